The lowest BCUT2D eigenvalue weighted by atomic mass is 9.99. The van der Waals surface area contributed by atoms with E-state index in [9.17, 15) is 4.79 Å². The van der Waals surface area contributed by atoms with Gasteiger partial charge in [-0.25, -0.2) is 0 Å². The van der Waals surface area contributed by atoms with Crippen LogP contribution in [-0.2, 0) is 9.53 Å². The lowest BCUT2D eigenvalue weighted by molar-refractivity contribution is -0.151. The summed E-state index contributed by atoms with van der Waals surface area (Å²) in [7, 11) is 0. The minimum atomic E-state index is -0.0484. The Balaban J connectivity index is 2.16. The van der Waals surface area contributed by atoms with Crippen molar-refractivity contribution in [2.24, 2.45) is 11.8 Å². The molecule has 1 saturated heterocycles. The Labute approximate surface area is 79.8 Å². The van der Waals surface area contributed by atoms with Crippen molar-refractivity contribution >= 4 is 5.97 Å². The first-order valence-electron chi connectivity index (χ1n) is 4.99. The summed E-state index contributed by atoms with van der Waals surface area (Å²) in [5.41, 5.74) is 0. The van der Waals surface area contributed by atoms with Crippen molar-refractivity contribution < 1.29 is 9.53 Å². The van der Waals surface area contributed by atoms with Crippen LogP contribution < -0.4 is 5.32 Å². The van der Waals surface area contributed by atoms with Crippen LogP contribution in [-0.4, -0.2) is 25.2 Å². The van der Waals surface area contributed by atoms with E-state index in [1.807, 2.05) is 6.92 Å². The van der Waals surface area contributed by atoms with Crippen LogP contribution in [0.5, 0.6) is 0 Å². The zero-order chi connectivity index (χ0) is 9.84. The van der Waals surface area contributed by atoms with Crippen LogP contribution in [0, 0.1) is 11.8 Å². The number of ether oxygens (including phenoxy) is 1. The molecule has 3 nitrogen and oxygen atoms in total. The summed E-state index contributed by atoms with van der Waals surface area (Å²) < 4.78 is 5.25. The van der Waals surface area contributed by atoms with Gasteiger partial charge in [0.2, 0.25) is 0 Å². The maximum Gasteiger partial charge on any atom is 0.306 e. The summed E-state index contributed by atoms with van der Waals surface area (Å²) in [6, 6.07) is 0. The quantitative estimate of drug-likeness (QED) is 0.668. The number of hydrogen-bond donors (Lipinski definition) is 1. The number of carbonyl (C=O) groups excluding carboxylic acids is 1. The Hall–Kier alpha value is -0.570. The minimum Gasteiger partial charge on any atom is -0.462 e. The predicted molar refractivity (Wildman–Crippen MR) is 51.4 cm³/mol. The smallest absolute Gasteiger partial charge is 0.306 e. The molecule has 0 aromatic rings. The molecule has 0 radical (unpaired) electrons. The molecule has 1 aliphatic rings. The fourth-order valence-corrected chi connectivity index (χ4v) is 1.12. The van der Waals surface area contributed by atoms with Crippen molar-refractivity contribution in [3.63, 3.8) is 0 Å². The third-order valence-corrected chi connectivity index (χ3v) is 2.58. The summed E-state index contributed by atoms with van der Waals surface area (Å²) >= 11 is 0. The summed E-state index contributed by atoms with van der Waals surface area (Å²) in [4.78, 5) is 11.3. The molecule has 1 fully saturated rings. The van der Waals surface area contributed by atoms with Crippen molar-refractivity contribution in [1.82, 2.24) is 5.32 Å². The molecule has 0 aromatic heterocycles. The zero-order valence-electron chi connectivity index (χ0n) is 8.67. The van der Waals surface area contributed by atoms with Crippen molar-refractivity contribution in [2.45, 2.75) is 33.3 Å². The van der Waals surface area contributed by atoms with Crippen LogP contribution in [0.3, 0.4) is 0 Å². The average Bonchev–Trinajstić information content (AvgIpc) is 1.96. The Bertz CT molecular complexity index is 176. The van der Waals surface area contributed by atoms with Crippen LogP contribution in [0.15, 0.2) is 0 Å². The van der Waals surface area contributed by atoms with Gasteiger partial charge in [0, 0.05) is 0 Å². The maximum atomic E-state index is 11.3. The van der Waals surface area contributed by atoms with Gasteiger partial charge in [-0.3, -0.25) is 4.79 Å². The van der Waals surface area contributed by atoms with Crippen molar-refractivity contribution in [2.75, 3.05) is 13.1 Å². The number of nitrogens with one attached hydrogen (secondary N) is 1. The molecule has 0 aromatic carbocycles. The monoisotopic (exact) mass is 185 g/mol. The maximum absolute atomic E-state index is 11.3. The number of carbonyl (C=O) groups is 1. The lowest BCUT2D eigenvalue weighted by Crippen LogP contribution is -2.43. The summed E-state index contributed by atoms with van der Waals surface area (Å²) in [6.07, 6.45) is 0.616. The second kappa shape index (κ2) is 4.61. The third kappa shape index (κ3) is 3.35. The van der Waals surface area contributed by atoms with E-state index < -0.39 is 0 Å². The van der Waals surface area contributed by atoms with Crippen LogP contribution >= 0.6 is 0 Å². The molecule has 1 unspecified atom stereocenters. The molecule has 0 spiro atoms. The second-order valence-electron chi connectivity index (χ2n) is 4.17. The van der Waals surface area contributed by atoms with E-state index in [1.54, 1.807) is 0 Å². The molecule has 1 N–H and O–H groups in total. The Morgan fingerprint density at radius 1 is 1.46 bits per heavy atom. The Kier molecular flexibility index (Phi) is 3.72. The van der Waals surface area contributed by atoms with Gasteiger partial charge in [0.25, 0.3) is 0 Å². The second-order valence-corrected chi connectivity index (χ2v) is 4.17. The SMILES string of the molecule is CC(C)C(C)OC(=O)CC1CNC1. The van der Waals surface area contributed by atoms with E-state index in [0.29, 0.717) is 18.3 Å². The minimum absolute atomic E-state index is 0.0422. The number of hydrogen-bond acceptors (Lipinski definition) is 3. The van der Waals surface area contributed by atoms with E-state index in [2.05, 4.69) is 19.2 Å². The van der Waals surface area contributed by atoms with Gasteiger partial charge in [-0.15, -0.1) is 0 Å². The first kappa shape index (κ1) is 10.5. The molecule has 13 heavy (non-hydrogen) atoms. The van der Waals surface area contributed by atoms with E-state index >= 15 is 0 Å². The first-order valence-corrected chi connectivity index (χ1v) is 4.99. The first-order chi connectivity index (χ1) is 6.09. The fraction of sp³-hybridized carbons (Fsp3) is 0.900. The standard InChI is InChI=1S/C10H19NO2/c1-7(2)8(3)13-10(12)4-9-5-11-6-9/h7-9,11H,4-6H2,1-3H3. The molecular weight excluding hydrogens is 166 g/mol. The van der Waals surface area contributed by atoms with E-state index in [-0.39, 0.29) is 12.1 Å². The molecule has 76 valence electrons. The molecule has 1 rings (SSSR count). The van der Waals surface area contributed by atoms with E-state index in [0.717, 1.165) is 13.1 Å². The molecule has 0 amide bonds. The van der Waals surface area contributed by atoms with E-state index in [1.165, 1.54) is 0 Å². The molecule has 0 aliphatic carbocycles. The zero-order valence-corrected chi connectivity index (χ0v) is 8.67. The molecule has 0 bridgehead atoms. The molecule has 3 heteroatoms. The Morgan fingerprint density at radius 3 is 2.46 bits per heavy atom. The topological polar surface area (TPSA) is 38.3 Å². The van der Waals surface area contributed by atoms with Crippen LogP contribution in [0.2, 0.25) is 0 Å². The van der Waals surface area contributed by atoms with Crippen LogP contribution in [0.25, 0.3) is 0 Å². The normalized spacial score (nSPS) is 19.7. The van der Waals surface area contributed by atoms with Gasteiger partial charge in [-0.2, -0.15) is 0 Å². The summed E-state index contributed by atoms with van der Waals surface area (Å²) in [5, 5.41) is 3.13. The highest BCUT2D eigenvalue weighted by Crippen LogP contribution is 2.12. The molecule has 1 atom stereocenters. The predicted octanol–water partition coefficient (Wildman–Crippen LogP) is 1.18. The van der Waals surface area contributed by atoms with Crippen LogP contribution in [0.1, 0.15) is 27.2 Å². The lowest BCUT2D eigenvalue weighted by Gasteiger charge is -2.27. The van der Waals surface area contributed by atoms with Crippen molar-refractivity contribution in [3.05, 3.63) is 0 Å². The molecular formula is C10H19NO2. The molecule has 0 saturated carbocycles. The highest BCUT2D eigenvalue weighted by atomic mass is 16.5. The fourth-order valence-electron chi connectivity index (χ4n) is 1.12. The average molecular weight is 185 g/mol. The molecule has 1 heterocycles. The van der Waals surface area contributed by atoms with E-state index in [4.69, 9.17) is 4.74 Å². The van der Waals surface area contributed by atoms with Crippen molar-refractivity contribution in [1.29, 1.82) is 0 Å². The largest absolute Gasteiger partial charge is 0.462 e. The Morgan fingerprint density at radius 2 is 2.08 bits per heavy atom. The number of rotatable bonds is 4. The third-order valence-electron chi connectivity index (χ3n) is 2.58. The highest BCUT2D eigenvalue weighted by Gasteiger charge is 2.22. The van der Waals surface area contributed by atoms with Crippen molar-refractivity contribution in [3.8, 4) is 0 Å². The van der Waals surface area contributed by atoms with Crippen LogP contribution in [0.4, 0.5) is 0 Å². The van der Waals surface area contributed by atoms with Gasteiger partial charge < -0.3 is 10.1 Å². The van der Waals surface area contributed by atoms with Gasteiger partial charge in [0.1, 0.15) is 6.10 Å². The molecule has 1 aliphatic heterocycles. The summed E-state index contributed by atoms with van der Waals surface area (Å²) in [5.74, 6) is 0.864. The summed E-state index contributed by atoms with van der Waals surface area (Å²) in [6.45, 7) is 7.99. The highest BCUT2D eigenvalue weighted by molar-refractivity contribution is 5.70. The van der Waals surface area contributed by atoms with Gasteiger partial charge >= 0.3 is 5.97 Å². The van der Waals surface area contributed by atoms with Gasteiger partial charge in [-0.1, -0.05) is 13.8 Å². The number of esters is 1. The van der Waals surface area contributed by atoms with Gasteiger partial charge in [0.05, 0.1) is 6.42 Å². The van der Waals surface area contributed by atoms with Gasteiger partial charge in [-0.05, 0) is 31.8 Å². The van der Waals surface area contributed by atoms with Gasteiger partial charge in [0.15, 0.2) is 0 Å².